The maximum Gasteiger partial charge on any atom is 0.313 e. The maximum atomic E-state index is 13.2. The molecule has 1 unspecified atom stereocenters. The molecular formula is C46H72N2O4. The molecule has 0 spiro atoms. The molecule has 0 saturated heterocycles. The van der Waals surface area contributed by atoms with Gasteiger partial charge >= 0.3 is 5.97 Å². The number of hydrogen-bond acceptors (Lipinski definition) is 5. The predicted octanol–water partition coefficient (Wildman–Crippen LogP) is 12.1. The normalized spacial score (nSPS) is 12.2. The van der Waals surface area contributed by atoms with E-state index in [9.17, 15) is 9.59 Å². The number of carbonyl (C=O) groups excluding carboxylic acids is 2. The first-order chi connectivity index (χ1) is 25.5. The van der Waals surface area contributed by atoms with Crippen LogP contribution in [-0.4, -0.2) is 61.0 Å². The summed E-state index contributed by atoms with van der Waals surface area (Å²) in [6.45, 7) is 13.7. The maximum absolute atomic E-state index is 13.2. The first-order valence-electron chi connectivity index (χ1n) is 20.8. The minimum atomic E-state index is -0.334. The van der Waals surface area contributed by atoms with Gasteiger partial charge in [0.05, 0.1) is 12.5 Å². The van der Waals surface area contributed by atoms with E-state index in [-0.39, 0.29) is 11.9 Å². The molecule has 52 heavy (non-hydrogen) atoms. The van der Waals surface area contributed by atoms with Crippen LogP contribution in [0.1, 0.15) is 148 Å². The standard InChI is InChI=1S/C46H72N2O4/c1-5-8-9-10-11-12-13-14-15-16-17-18-19-20-26-32-45(49)48(39-29-37-47(6-2)7-3)38-27-21-22-28-40-51-46(50)41(4)42-33-35-44(36-34-42)52-43-30-24-23-25-31-43/h14-15,17-18,23-25,30-31,33-36,41H,5-13,16,19-22,26-29,32,37-40H2,1-4H3/b15-14+,18-17+. The van der Waals surface area contributed by atoms with Gasteiger partial charge in [0.1, 0.15) is 11.5 Å². The monoisotopic (exact) mass is 717 g/mol. The van der Waals surface area contributed by atoms with Crippen LogP contribution in [0.2, 0.25) is 0 Å². The molecule has 6 heteroatoms. The highest BCUT2D eigenvalue weighted by atomic mass is 16.5. The average molecular weight is 717 g/mol. The van der Waals surface area contributed by atoms with Gasteiger partial charge in [0.2, 0.25) is 5.91 Å². The summed E-state index contributed by atoms with van der Waals surface area (Å²) in [5.41, 5.74) is 0.911. The van der Waals surface area contributed by atoms with E-state index in [0.29, 0.717) is 18.9 Å². The van der Waals surface area contributed by atoms with Crippen LogP contribution in [0.3, 0.4) is 0 Å². The number of para-hydroxylation sites is 1. The zero-order chi connectivity index (χ0) is 37.5. The Labute approximate surface area is 318 Å². The molecule has 2 rings (SSSR count). The van der Waals surface area contributed by atoms with Crippen molar-refractivity contribution in [2.75, 3.05) is 39.3 Å². The van der Waals surface area contributed by atoms with Gasteiger partial charge in [-0.1, -0.05) is 114 Å². The average Bonchev–Trinajstić information content (AvgIpc) is 3.17. The Kier molecular flexibility index (Phi) is 25.9. The summed E-state index contributed by atoms with van der Waals surface area (Å²) in [4.78, 5) is 30.5. The molecule has 0 aromatic heterocycles. The quantitative estimate of drug-likeness (QED) is 0.0442. The number of benzene rings is 2. The lowest BCUT2D eigenvalue weighted by molar-refractivity contribution is -0.145. The molecular weight excluding hydrogens is 645 g/mol. The molecule has 0 saturated carbocycles. The number of carbonyl (C=O) groups is 2. The highest BCUT2D eigenvalue weighted by Gasteiger charge is 2.17. The van der Waals surface area contributed by atoms with Crippen molar-refractivity contribution < 1.29 is 19.1 Å². The third-order valence-corrected chi connectivity index (χ3v) is 9.77. The van der Waals surface area contributed by atoms with Crippen LogP contribution in [-0.2, 0) is 14.3 Å². The van der Waals surface area contributed by atoms with Gasteiger partial charge in [0, 0.05) is 19.5 Å². The molecule has 2 aromatic carbocycles. The van der Waals surface area contributed by atoms with Crippen molar-refractivity contribution in [1.82, 2.24) is 9.80 Å². The van der Waals surface area contributed by atoms with Crippen LogP contribution in [0.4, 0.5) is 0 Å². The summed E-state index contributed by atoms with van der Waals surface area (Å²) >= 11 is 0. The van der Waals surface area contributed by atoms with Crippen molar-refractivity contribution in [3.05, 3.63) is 84.5 Å². The van der Waals surface area contributed by atoms with Gasteiger partial charge < -0.3 is 19.3 Å². The molecule has 1 amide bonds. The fraction of sp³-hybridized carbons (Fsp3) is 0.609. The van der Waals surface area contributed by atoms with Crippen LogP contribution in [0.15, 0.2) is 78.9 Å². The SMILES string of the molecule is CCCCCCCC/C=C/C/C=C/CCCCC(=O)N(CCCCCCOC(=O)C(C)c1ccc(Oc2ccccc2)cc1)CCCN(CC)CC. The first kappa shape index (κ1) is 44.8. The van der Waals surface area contributed by atoms with Crippen molar-refractivity contribution in [2.45, 2.75) is 143 Å². The van der Waals surface area contributed by atoms with Gasteiger partial charge in [-0.2, -0.15) is 0 Å². The third kappa shape index (κ3) is 21.2. The van der Waals surface area contributed by atoms with Crippen molar-refractivity contribution in [2.24, 2.45) is 0 Å². The van der Waals surface area contributed by atoms with E-state index in [0.717, 1.165) is 108 Å². The Morgan fingerprint density at radius 1 is 0.635 bits per heavy atom. The Balaban J connectivity index is 1.62. The van der Waals surface area contributed by atoms with Crippen LogP contribution in [0.25, 0.3) is 0 Å². The molecule has 0 N–H and O–H groups in total. The molecule has 0 aliphatic carbocycles. The molecule has 0 aliphatic rings. The number of hydrogen-bond donors (Lipinski definition) is 0. The van der Waals surface area contributed by atoms with E-state index in [1.54, 1.807) is 0 Å². The second-order valence-electron chi connectivity index (χ2n) is 14.0. The van der Waals surface area contributed by atoms with Gasteiger partial charge in [-0.05, 0) is 121 Å². The number of nitrogens with zero attached hydrogens (tertiary/aromatic N) is 2. The number of allylic oxidation sites excluding steroid dienone is 4. The van der Waals surface area contributed by atoms with E-state index in [4.69, 9.17) is 9.47 Å². The molecule has 6 nitrogen and oxygen atoms in total. The zero-order valence-electron chi connectivity index (χ0n) is 33.4. The molecule has 290 valence electrons. The minimum absolute atomic E-state index is 0.201. The predicted molar refractivity (Wildman–Crippen MR) is 219 cm³/mol. The topological polar surface area (TPSA) is 59.1 Å². The molecule has 1 atom stereocenters. The van der Waals surface area contributed by atoms with Gasteiger partial charge in [0.25, 0.3) is 0 Å². The molecule has 0 heterocycles. The van der Waals surface area contributed by atoms with E-state index < -0.39 is 0 Å². The Morgan fingerprint density at radius 2 is 1.23 bits per heavy atom. The van der Waals surface area contributed by atoms with E-state index in [1.165, 1.54) is 44.9 Å². The summed E-state index contributed by atoms with van der Waals surface area (Å²) in [7, 11) is 0. The van der Waals surface area contributed by atoms with Crippen LogP contribution >= 0.6 is 0 Å². The van der Waals surface area contributed by atoms with E-state index >= 15 is 0 Å². The van der Waals surface area contributed by atoms with E-state index in [2.05, 4.69) is 54.9 Å². The van der Waals surface area contributed by atoms with Gasteiger partial charge in [-0.15, -0.1) is 0 Å². The lowest BCUT2D eigenvalue weighted by Crippen LogP contribution is -2.35. The van der Waals surface area contributed by atoms with Crippen molar-refractivity contribution in [3.63, 3.8) is 0 Å². The number of rotatable bonds is 31. The molecule has 2 aromatic rings. The Hall–Kier alpha value is -3.38. The van der Waals surface area contributed by atoms with E-state index in [1.807, 2.05) is 61.5 Å². The summed E-state index contributed by atoms with van der Waals surface area (Å²) in [5.74, 6) is 1.28. The van der Waals surface area contributed by atoms with Gasteiger partial charge in [0.15, 0.2) is 0 Å². The second-order valence-corrected chi connectivity index (χ2v) is 14.0. The fourth-order valence-corrected chi connectivity index (χ4v) is 6.27. The van der Waals surface area contributed by atoms with Crippen LogP contribution < -0.4 is 4.74 Å². The largest absolute Gasteiger partial charge is 0.465 e. The van der Waals surface area contributed by atoms with Crippen molar-refractivity contribution in [1.29, 1.82) is 0 Å². The number of unbranched alkanes of at least 4 members (excludes halogenated alkanes) is 11. The summed E-state index contributed by atoms with van der Waals surface area (Å²) < 4.78 is 11.5. The van der Waals surface area contributed by atoms with Gasteiger partial charge in [-0.3, -0.25) is 9.59 Å². The third-order valence-electron chi connectivity index (χ3n) is 9.77. The summed E-state index contributed by atoms with van der Waals surface area (Å²) in [5, 5.41) is 0. The van der Waals surface area contributed by atoms with Gasteiger partial charge in [-0.25, -0.2) is 0 Å². The second kappa shape index (κ2) is 30.1. The Bertz CT molecular complexity index is 1220. The highest BCUT2D eigenvalue weighted by molar-refractivity contribution is 5.77. The first-order valence-corrected chi connectivity index (χ1v) is 20.8. The minimum Gasteiger partial charge on any atom is -0.465 e. The molecule has 0 aliphatic heterocycles. The Morgan fingerprint density at radius 3 is 1.92 bits per heavy atom. The van der Waals surface area contributed by atoms with Crippen molar-refractivity contribution in [3.8, 4) is 11.5 Å². The molecule has 0 bridgehead atoms. The lowest BCUT2D eigenvalue weighted by Gasteiger charge is -2.25. The van der Waals surface area contributed by atoms with Crippen LogP contribution in [0.5, 0.6) is 11.5 Å². The number of esters is 1. The highest BCUT2D eigenvalue weighted by Crippen LogP contribution is 2.24. The van der Waals surface area contributed by atoms with Crippen molar-refractivity contribution >= 4 is 11.9 Å². The molecule has 0 fully saturated rings. The summed E-state index contributed by atoms with van der Waals surface area (Å²) in [6.07, 6.45) is 28.0. The fourth-order valence-electron chi connectivity index (χ4n) is 6.27. The summed E-state index contributed by atoms with van der Waals surface area (Å²) in [6, 6.07) is 17.3. The molecule has 0 radical (unpaired) electrons. The lowest BCUT2D eigenvalue weighted by atomic mass is 10.0. The zero-order valence-corrected chi connectivity index (χ0v) is 33.4. The van der Waals surface area contributed by atoms with Crippen LogP contribution in [0, 0.1) is 0 Å². The smallest absolute Gasteiger partial charge is 0.313 e. The number of amides is 1. The number of ether oxygens (including phenoxy) is 2.